The Morgan fingerprint density at radius 2 is 0.873 bits per heavy atom. The van der Waals surface area contributed by atoms with Crippen molar-refractivity contribution in [3.05, 3.63) is 206 Å². The van der Waals surface area contributed by atoms with Gasteiger partial charge in [0.05, 0.1) is 16.7 Å². The highest BCUT2D eigenvalue weighted by Crippen LogP contribution is 2.45. The second-order valence-corrected chi connectivity index (χ2v) is 14.1. The summed E-state index contributed by atoms with van der Waals surface area (Å²) in [6.07, 6.45) is 0. The minimum Gasteiger partial charge on any atom is -0.455 e. The maximum atomic E-state index is 6.50. The SMILES string of the molecule is c1ccc(-c2ccc(N(c3ccc(-n4c5ccccc5c5ccccc54)cc3)c3ccccc3-c3cccc4c3ccc3c5ccccc5oc43)cc2)cc1. The van der Waals surface area contributed by atoms with Gasteiger partial charge in [-0.1, -0.05) is 140 Å². The summed E-state index contributed by atoms with van der Waals surface area (Å²) in [5.74, 6) is 0. The Balaban J connectivity index is 1.09. The van der Waals surface area contributed by atoms with Gasteiger partial charge in [0.2, 0.25) is 0 Å². The van der Waals surface area contributed by atoms with Gasteiger partial charge >= 0.3 is 0 Å². The topological polar surface area (TPSA) is 21.3 Å². The van der Waals surface area contributed by atoms with E-state index in [4.69, 9.17) is 4.42 Å². The van der Waals surface area contributed by atoms with Crippen LogP contribution < -0.4 is 4.90 Å². The van der Waals surface area contributed by atoms with Crippen molar-refractivity contribution >= 4 is 71.6 Å². The maximum absolute atomic E-state index is 6.50. The Labute approximate surface area is 318 Å². The lowest BCUT2D eigenvalue weighted by molar-refractivity contribution is 0.672. The predicted molar refractivity (Wildman–Crippen MR) is 231 cm³/mol. The first-order chi connectivity index (χ1) is 27.3. The van der Waals surface area contributed by atoms with E-state index in [0.29, 0.717) is 0 Å². The van der Waals surface area contributed by atoms with Gasteiger partial charge in [-0.3, -0.25) is 0 Å². The van der Waals surface area contributed by atoms with Crippen molar-refractivity contribution in [1.29, 1.82) is 0 Å². The normalized spacial score (nSPS) is 11.6. The quantitative estimate of drug-likeness (QED) is 0.172. The van der Waals surface area contributed by atoms with Crippen LogP contribution in [-0.4, -0.2) is 4.57 Å². The van der Waals surface area contributed by atoms with E-state index < -0.39 is 0 Å². The molecule has 0 unspecified atom stereocenters. The van der Waals surface area contributed by atoms with E-state index in [9.17, 15) is 0 Å². The molecule has 0 radical (unpaired) electrons. The molecule has 2 aromatic heterocycles. The molecule has 11 aromatic rings. The second-order valence-electron chi connectivity index (χ2n) is 14.1. The lowest BCUT2D eigenvalue weighted by Crippen LogP contribution is -2.11. The maximum Gasteiger partial charge on any atom is 0.143 e. The fourth-order valence-electron chi connectivity index (χ4n) is 8.48. The average molecular weight is 703 g/mol. The Morgan fingerprint density at radius 1 is 0.345 bits per heavy atom. The molecule has 0 spiro atoms. The second kappa shape index (κ2) is 12.6. The monoisotopic (exact) mass is 702 g/mol. The fraction of sp³-hybridized carbons (Fsp3) is 0. The van der Waals surface area contributed by atoms with E-state index in [1.807, 2.05) is 12.1 Å². The number of aromatic nitrogens is 1. The molecule has 3 nitrogen and oxygen atoms in total. The fourth-order valence-corrected chi connectivity index (χ4v) is 8.48. The molecule has 2 heterocycles. The molecule has 0 aliphatic rings. The minimum absolute atomic E-state index is 0.908. The highest BCUT2D eigenvalue weighted by Gasteiger charge is 2.20. The van der Waals surface area contributed by atoms with E-state index in [-0.39, 0.29) is 0 Å². The first kappa shape index (κ1) is 31.2. The number of rotatable bonds is 6. The van der Waals surface area contributed by atoms with Gasteiger partial charge in [-0.15, -0.1) is 0 Å². The largest absolute Gasteiger partial charge is 0.455 e. The molecule has 9 aromatic carbocycles. The molecule has 55 heavy (non-hydrogen) atoms. The zero-order chi connectivity index (χ0) is 36.3. The molecule has 0 amide bonds. The summed E-state index contributed by atoms with van der Waals surface area (Å²) in [5, 5.41) is 7.05. The highest BCUT2D eigenvalue weighted by molar-refractivity contribution is 6.18. The third kappa shape index (κ3) is 5.05. The van der Waals surface area contributed by atoms with Crippen LogP contribution in [0.3, 0.4) is 0 Å². The van der Waals surface area contributed by atoms with Gasteiger partial charge in [-0.2, -0.15) is 0 Å². The zero-order valence-electron chi connectivity index (χ0n) is 29.9. The van der Waals surface area contributed by atoms with Crippen molar-refractivity contribution in [3.63, 3.8) is 0 Å². The van der Waals surface area contributed by atoms with Crippen LogP contribution in [0.5, 0.6) is 0 Å². The first-order valence-corrected chi connectivity index (χ1v) is 18.8. The van der Waals surface area contributed by atoms with Gasteiger partial charge in [0.15, 0.2) is 0 Å². The van der Waals surface area contributed by atoms with E-state index in [0.717, 1.165) is 66.6 Å². The van der Waals surface area contributed by atoms with Gasteiger partial charge in [-0.05, 0) is 88.8 Å². The molecule has 0 bridgehead atoms. The predicted octanol–water partition coefficient (Wildman–Crippen LogP) is 14.6. The number of hydrogen-bond acceptors (Lipinski definition) is 2. The van der Waals surface area contributed by atoms with Gasteiger partial charge in [0.25, 0.3) is 0 Å². The molecule has 0 fully saturated rings. The Morgan fingerprint density at radius 3 is 1.62 bits per heavy atom. The van der Waals surface area contributed by atoms with Crippen LogP contribution in [0, 0.1) is 0 Å². The Kier molecular flexibility index (Phi) is 7.17. The van der Waals surface area contributed by atoms with Crippen LogP contribution in [-0.2, 0) is 0 Å². The molecular weight excluding hydrogens is 669 g/mol. The molecular formula is C52H34N2O. The van der Waals surface area contributed by atoms with Crippen molar-refractivity contribution in [2.45, 2.75) is 0 Å². The molecule has 0 aliphatic carbocycles. The van der Waals surface area contributed by atoms with Gasteiger partial charge in [0, 0.05) is 49.6 Å². The smallest absolute Gasteiger partial charge is 0.143 e. The molecule has 0 saturated heterocycles. The zero-order valence-corrected chi connectivity index (χ0v) is 29.9. The van der Waals surface area contributed by atoms with Crippen molar-refractivity contribution in [2.75, 3.05) is 4.90 Å². The van der Waals surface area contributed by atoms with Crippen LogP contribution in [0.2, 0.25) is 0 Å². The third-order valence-corrected chi connectivity index (χ3v) is 11.0. The summed E-state index contributed by atoms with van der Waals surface area (Å²) in [7, 11) is 0. The van der Waals surface area contributed by atoms with E-state index in [1.165, 1.54) is 32.9 Å². The summed E-state index contributed by atoms with van der Waals surface area (Å²) < 4.78 is 8.87. The molecule has 258 valence electrons. The van der Waals surface area contributed by atoms with E-state index in [1.54, 1.807) is 0 Å². The minimum atomic E-state index is 0.908. The molecule has 0 N–H and O–H groups in total. The number of benzene rings is 9. The number of anilines is 3. The van der Waals surface area contributed by atoms with Crippen molar-refractivity contribution in [2.24, 2.45) is 0 Å². The summed E-state index contributed by atoms with van der Waals surface area (Å²) >= 11 is 0. The number of nitrogens with zero attached hydrogens (tertiary/aromatic N) is 2. The summed E-state index contributed by atoms with van der Waals surface area (Å²) in [6, 6.07) is 73.9. The lowest BCUT2D eigenvalue weighted by atomic mass is 9.95. The molecule has 0 aliphatic heterocycles. The van der Waals surface area contributed by atoms with Crippen LogP contribution in [0.25, 0.3) is 82.5 Å². The van der Waals surface area contributed by atoms with E-state index in [2.05, 4.69) is 204 Å². The van der Waals surface area contributed by atoms with Crippen molar-refractivity contribution < 1.29 is 4.42 Å². The van der Waals surface area contributed by atoms with E-state index >= 15 is 0 Å². The summed E-state index contributed by atoms with van der Waals surface area (Å²) in [6.45, 7) is 0. The molecule has 0 saturated carbocycles. The van der Waals surface area contributed by atoms with Gasteiger partial charge in [-0.25, -0.2) is 0 Å². The highest BCUT2D eigenvalue weighted by atomic mass is 16.3. The third-order valence-electron chi connectivity index (χ3n) is 11.0. The molecule has 3 heteroatoms. The number of hydrogen-bond donors (Lipinski definition) is 0. The standard InChI is InChI=1S/C52H34N2O/c1-2-13-35(14-3-1)36-25-27-37(28-26-36)53(38-29-31-39(32-30-38)54-49-22-9-5-16-43(49)44-17-6-10-23-50(44)54)48-21-8-4-15-42(48)40-19-12-20-46-41(40)33-34-47-45-18-7-11-24-51(45)55-52(46)47/h1-34H. The Hall–Kier alpha value is -7.36. The first-order valence-electron chi connectivity index (χ1n) is 18.8. The van der Waals surface area contributed by atoms with Gasteiger partial charge < -0.3 is 13.9 Å². The summed E-state index contributed by atoms with van der Waals surface area (Å²) in [4.78, 5) is 2.39. The molecule has 0 atom stereocenters. The number of furan rings is 1. The average Bonchev–Trinajstić information content (AvgIpc) is 3.81. The van der Waals surface area contributed by atoms with Crippen molar-refractivity contribution in [1.82, 2.24) is 4.57 Å². The number of para-hydroxylation sites is 4. The Bertz CT molecular complexity index is 3140. The van der Waals surface area contributed by atoms with Crippen LogP contribution in [0.4, 0.5) is 17.1 Å². The lowest BCUT2D eigenvalue weighted by Gasteiger charge is -2.28. The van der Waals surface area contributed by atoms with Gasteiger partial charge in [0.1, 0.15) is 11.2 Å². The van der Waals surface area contributed by atoms with Crippen molar-refractivity contribution in [3.8, 4) is 27.9 Å². The van der Waals surface area contributed by atoms with Crippen LogP contribution in [0.1, 0.15) is 0 Å². The summed E-state index contributed by atoms with van der Waals surface area (Å²) in [5.41, 5.74) is 13.3. The van der Waals surface area contributed by atoms with Crippen LogP contribution >= 0.6 is 0 Å². The van der Waals surface area contributed by atoms with Crippen LogP contribution in [0.15, 0.2) is 211 Å². The molecule has 11 rings (SSSR count). The number of fused-ring (bicyclic) bond motifs is 8.